The van der Waals surface area contributed by atoms with Crippen LogP contribution in [0.15, 0.2) is 65.6 Å². The molecule has 4 aliphatic rings. The van der Waals surface area contributed by atoms with Gasteiger partial charge in [-0.05, 0) is 79.2 Å². The fourth-order valence-corrected chi connectivity index (χ4v) is 9.68. The number of fused-ring (bicyclic) bond motifs is 6. The maximum atomic E-state index is 11.7. The van der Waals surface area contributed by atoms with Gasteiger partial charge in [0.1, 0.15) is 4.90 Å². The summed E-state index contributed by atoms with van der Waals surface area (Å²) >= 11 is 35.2. The van der Waals surface area contributed by atoms with E-state index in [1.165, 1.54) is 16.7 Å². The van der Waals surface area contributed by atoms with Crippen LogP contribution in [0.2, 0.25) is 0 Å². The van der Waals surface area contributed by atoms with Gasteiger partial charge in [-0.15, -0.1) is 0 Å². The molecule has 2 saturated carbocycles. The average Bonchev–Trinajstić information content (AvgIpc) is 3.65. The van der Waals surface area contributed by atoms with E-state index in [2.05, 4.69) is 82.9 Å². The molecule has 0 bridgehead atoms. The number of rotatable bonds is 2. The van der Waals surface area contributed by atoms with Gasteiger partial charge in [0, 0.05) is 24.2 Å². The fourth-order valence-electron chi connectivity index (χ4n) is 7.11. The summed E-state index contributed by atoms with van der Waals surface area (Å²) in [5, 5.41) is 0. The molecule has 0 aliphatic heterocycles. The van der Waals surface area contributed by atoms with E-state index in [1.807, 2.05) is 49.4 Å². The number of benzene rings is 3. The van der Waals surface area contributed by atoms with E-state index in [9.17, 15) is 18.0 Å². The predicted octanol–water partition coefficient (Wildman–Crippen LogP) is 10.2. The minimum absolute atomic E-state index is 0.00420. The molecule has 0 saturated heterocycles. The molecule has 0 radical (unpaired) electrons. The summed E-state index contributed by atoms with van der Waals surface area (Å²) in [5.74, 6) is 5.06. The number of carbonyl (C=O) groups is 2. The van der Waals surface area contributed by atoms with Gasteiger partial charge >= 0.3 is 75.0 Å². The normalized spacial score (nSPS) is 23.0. The fraction of sp³-hybridized carbons (Fsp3) is 0.394. The number of thiol groups is 1. The Morgan fingerprint density at radius 2 is 1.24 bits per heavy atom. The first-order chi connectivity index (χ1) is 22.8. The van der Waals surface area contributed by atoms with Gasteiger partial charge in [-0.1, -0.05) is 113 Å². The van der Waals surface area contributed by atoms with Crippen LogP contribution in [0, 0.1) is 32.6 Å². The Balaban J connectivity index is 0.000000184. The summed E-state index contributed by atoms with van der Waals surface area (Å²) in [6.07, 6.45) is 3.96. The van der Waals surface area contributed by atoms with Crippen LogP contribution in [0.5, 0.6) is 0 Å². The van der Waals surface area contributed by atoms with Crippen LogP contribution in [-0.2, 0) is 41.8 Å². The number of nitrogens with two attached hydrogens (primary N) is 1. The van der Waals surface area contributed by atoms with Crippen molar-refractivity contribution < 1.29 is 27.2 Å². The summed E-state index contributed by atoms with van der Waals surface area (Å²) in [4.78, 5) is 23.1. The van der Waals surface area contributed by atoms with Gasteiger partial charge in [0.15, 0.2) is 20.2 Å². The molecule has 49 heavy (non-hydrogen) atoms. The molecule has 0 heterocycles. The molecule has 0 spiro atoms. The number of hydrogen-bond donors (Lipinski definition) is 2. The number of ketones is 2. The van der Waals surface area contributed by atoms with E-state index in [-0.39, 0.29) is 39.1 Å². The first-order valence-electron chi connectivity index (χ1n) is 14.8. The summed E-state index contributed by atoms with van der Waals surface area (Å²) in [6, 6.07) is 19.7. The second kappa shape index (κ2) is 18.7. The van der Waals surface area contributed by atoms with Crippen molar-refractivity contribution in [3.8, 4) is 0 Å². The molecule has 7 rings (SSSR count). The SMILES string of the molecule is CS.Cc1cc(C)c(S(=O)(=O)ON)c(C)c1.O=C1C2Cc3ccccc3C2C1(Cl)Cl.O=C1CC2Cc3ccccc3C2C1(Cl)Cl.[I][V]([I])[I]. The van der Waals surface area contributed by atoms with Crippen LogP contribution in [0.1, 0.15) is 57.2 Å². The van der Waals surface area contributed by atoms with Crippen molar-refractivity contribution in [1.82, 2.24) is 0 Å². The number of halogens is 7. The van der Waals surface area contributed by atoms with Gasteiger partial charge in [0.2, 0.25) is 0 Å². The van der Waals surface area contributed by atoms with Crippen LogP contribution in [0.3, 0.4) is 0 Å². The summed E-state index contributed by atoms with van der Waals surface area (Å²) in [7, 11) is -3.80. The zero-order chi connectivity index (χ0) is 37.1. The topological polar surface area (TPSA) is 104 Å². The molecule has 4 unspecified atom stereocenters. The molecule has 0 amide bonds. The van der Waals surface area contributed by atoms with Gasteiger partial charge in [-0.2, -0.15) is 31.2 Å². The monoisotopic (exact) mass is 1160 g/mol. The molecular formula is C33H35Cl4I3NO5S2V. The number of carbonyl (C=O) groups excluding carboxylic acids is 2. The Kier molecular flexibility index (Phi) is 17.0. The molecule has 6 nitrogen and oxygen atoms in total. The predicted molar refractivity (Wildman–Crippen MR) is 226 cm³/mol. The van der Waals surface area contributed by atoms with Gasteiger partial charge in [0.05, 0.1) is 0 Å². The molecule has 0 aromatic heterocycles. The minimum atomic E-state index is -3.80. The van der Waals surface area contributed by atoms with E-state index in [4.69, 9.17) is 52.3 Å². The van der Waals surface area contributed by atoms with E-state index in [0.717, 1.165) is 24.0 Å². The van der Waals surface area contributed by atoms with Crippen LogP contribution in [0.25, 0.3) is 0 Å². The number of alkyl halides is 4. The quantitative estimate of drug-likeness (QED) is 0.115. The van der Waals surface area contributed by atoms with Crippen molar-refractivity contribution in [2.45, 2.75) is 65.4 Å². The van der Waals surface area contributed by atoms with Gasteiger partial charge in [-0.25, -0.2) is 0 Å². The van der Waals surface area contributed by atoms with Gasteiger partial charge in [-0.3, -0.25) is 9.59 Å². The van der Waals surface area contributed by atoms with Crippen LogP contribution < -0.4 is 5.90 Å². The molecule has 4 atom stereocenters. The molecule has 2 N–H and O–H groups in total. The summed E-state index contributed by atoms with van der Waals surface area (Å²) < 4.78 is 24.4. The number of aryl methyl sites for hydroxylation is 3. The molecule has 268 valence electrons. The molecule has 3 aromatic carbocycles. The average molecular weight is 1160 g/mol. The third-order valence-corrected chi connectivity index (χ3v) is 12.0. The molecule has 4 aliphatic carbocycles. The van der Waals surface area contributed by atoms with Crippen LogP contribution in [0.4, 0.5) is 0 Å². The van der Waals surface area contributed by atoms with Crippen molar-refractivity contribution in [1.29, 1.82) is 0 Å². The third-order valence-electron chi connectivity index (χ3n) is 8.82. The van der Waals surface area contributed by atoms with Crippen molar-refractivity contribution in [2.75, 3.05) is 6.26 Å². The molecule has 16 heteroatoms. The van der Waals surface area contributed by atoms with Gasteiger partial charge < -0.3 is 0 Å². The van der Waals surface area contributed by atoms with Crippen molar-refractivity contribution in [3.63, 3.8) is 0 Å². The summed E-state index contributed by atoms with van der Waals surface area (Å²) in [5.41, 5.74) is 7.14. The van der Waals surface area contributed by atoms with Crippen LogP contribution in [-0.4, -0.2) is 34.9 Å². The first-order valence-corrected chi connectivity index (χ1v) is 32.1. The Morgan fingerprint density at radius 3 is 1.73 bits per heavy atom. The van der Waals surface area contributed by atoms with Crippen molar-refractivity contribution in [2.24, 2.45) is 17.7 Å². The van der Waals surface area contributed by atoms with E-state index in [1.54, 1.807) is 32.2 Å². The Labute approximate surface area is 352 Å². The second-order valence-electron chi connectivity index (χ2n) is 11.8. The molecular weight excluding hydrogens is 1130 g/mol. The van der Waals surface area contributed by atoms with E-state index in [0.29, 0.717) is 23.5 Å². The standard InChI is InChI=1S/C12H10Cl2O.C11H8Cl2O.C9H13NO3S.CH4S.3HI.V/c13-12(14)10(15)6-8-5-7-3-1-2-4-9(7)11(8)12;12-11(13)9-7-4-2-1-3-6(7)5-8(9)10(11)14;1-6-4-7(2)9(8(3)5-6)14(11,12)13-10;1-2;;;;/h1-4,8,11H,5-6H2;1-4,8-9H,5H2;4-5H,10H2,1-3H3;2H,1H3;3*1H;/q;;;;;;;+3/p-3. The second-order valence-corrected chi connectivity index (χ2v) is 51.5. The zero-order valence-corrected chi connectivity index (χ0v) is 39.4. The van der Waals surface area contributed by atoms with Crippen LogP contribution >= 0.6 is 119 Å². The Bertz CT molecular complexity index is 1770. The van der Waals surface area contributed by atoms with Crippen molar-refractivity contribution >= 4 is 141 Å². The van der Waals surface area contributed by atoms with Gasteiger partial charge in [0.25, 0.3) is 0 Å². The van der Waals surface area contributed by atoms with E-state index < -0.39 is 18.8 Å². The number of hydrogen-bond acceptors (Lipinski definition) is 7. The summed E-state index contributed by atoms with van der Waals surface area (Å²) in [6.45, 7) is 5.33. The third kappa shape index (κ3) is 10.1. The maximum absolute atomic E-state index is 11.7. The molecule has 2 fully saturated rings. The Morgan fingerprint density at radius 1 is 0.796 bits per heavy atom. The molecule has 3 aromatic rings. The zero-order valence-electron chi connectivity index (χ0n) is 26.8. The Hall–Kier alpha value is 1.15. The first kappa shape index (κ1) is 44.6. The van der Waals surface area contributed by atoms with E-state index >= 15 is 0 Å². The van der Waals surface area contributed by atoms with Crippen molar-refractivity contribution in [3.05, 3.63) is 99.6 Å². The number of Topliss-reactive ketones (excluding diaryl/α,β-unsaturated/α-hetero) is 2.